The molecule has 0 N–H and O–H groups in total. The highest BCUT2D eigenvalue weighted by Crippen LogP contribution is 2.43. The molecule has 3 fully saturated rings. The second-order valence-electron chi connectivity index (χ2n) is 10.6. The lowest BCUT2D eigenvalue weighted by Gasteiger charge is -2.39. The predicted molar refractivity (Wildman–Crippen MR) is 136 cm³/mol. The standard InChI is InChI=1S/C29H37N3O3/c1-22(33)32-20-25(27(21-32)24-6-4-3-5-7-24)19-30-15-12-29(13-16-30)14-17-31(28(29)34)18-23-8-10-26(35-2)11-9-23/h3-11,25,27H,12-21H2,1-2H3. The van der Waals surface area contributed by atoms with E-state index in [-0.39, 0.29) is 11.3 Å². The van der Waals surface area contributed by atoms with Gasteiger partial charge in [-0.3, -0.25) is 9.59 Å². The molecule has 35 heavy (non-hydrogen) atoms. The van der Waals surface area contributed by atoms with Crippen molar-refractivity contribution in [3.8, 4) is 5.75 Å². The first kappa shape index (κ1) is 23.9. The number of rotatable bonds is 6. The third kappa shape index (κ3) is 4.94. The average molecular weight is 476 g/mol. The van der Waals surface area contributed by atoms with Crippen LogP contribution in [0.1, 0.15) is 43.2 Å². The summed E-state index contributed by atoms with van der Waals surface area (Å²) in [7, 11) is 1.67. The quantitative estimate of drug-likeness (QED) is 0.638. The Morgan fingerprint density at radius 2 is 1.66 bits per heavy atom. The van der Waals surface area contributed by atoms with Crippen LogP contribution in [0.25, 0.3) is 0 Å². The maximum absolute atomic E-state index is 13.5. The number of hydrogen-bond donors (Lipinski definition) is 0. The van der Waals surface area contributed by atoms with E-state index in [1.165, 1.54) is 5.56 Å². The normalized spacial score (nSPS) is 24.3. The Morgan fingerprint density at radius 1 is 0.971 bits per heavy atom. The summed E-state index contributed by atoms with van der Waals surface area (Å²) in [4.78, 5) is 32.2. The third-order valence-electron chi connectivity index (χ3n) is 8.55. The lowest BCUT2D eigenvalue weighted by molar-refractivity contribution is -0.139. The summed E-state index contributed by atoms with van der Waals surface area (Å²) in [6.45, 7) is 7.74. The van der Waals surface area contributed by atoms with Crippen LogP contribution in [0.5, 0.6) is 5.75 Å². The molecule has 0 aromatic heterocycles. The van der Waals surface area contributed by atoms with Gasteiger partial charge in [0.1, 0.15) is 5.75 Å². The molecule has 186 valence electrons. The SMILES string of the molecule is COc1ccc(CN2CCC3(CCN(CC4CN(C(C)=O)CC4c4ccccc4)CC3)C2=O)cc1. The van der Waals surface area contributed by atoms with Gasteiger partial charge in [-0.1, -0.05) is 42.5 Å². The summed E-state index contributed by atoms with van der Waals surface area (Å²) in [5, 5.41) is 0. The summed E-state index contributed by atoms with van der Waals surface area (Å²) in [5.74, 6) is 2.15. The lowest BCUT2D eigenvalue weighted by Crippen LogP contribution is -2.46. The van der Waals surface area contributed by atoms with Crippen molar-refractivity contribution in [1.29, 1.82) is 0 Å². The van der Waals surface area contributed by atoms with Gasteiger partial charge in [0.05, 0.1) is 12.5 Å². The highest BCUT2D eigenvalue weighted by molar-refractivity contribution is 5.85. The Hall–Kier alpha value is -2.86. The molecule has 6 heteroatoms. The van der Waals surface area contributed by atoms with Gasteiger partial charge in [-0.2, -0.15) is 0 Å². The molecule has 2 unspecified atom stereocenters. The summed E-state index contributed by atoms with van der Waals surface area (Å²) in [6, 6.07) is 18.7. The fourth-order valence-electron chi connectivity index (χ4n) is 6.35. The first-order valence-electron chi connectivity index (χ1n) is 12.9. The van der Waals surface area contributed by atoms with Crippen molar-refractivity contribution < 1.29 is 14.3 Å². The van der Waals surface area contributed by atoms with Gasteiger partial charge in [0.25, 0.3) is 0 Å². The van der Waals surface area contributed by atoms with Crippen LogP contribution in [-0.4, -0.2) is 72.9 Å². The Bertz CT molecular complexity index is 1030. The molecule has 3 aliphatic rings. The van der Waals surface area contributed by atoms with Gasteiger partial charge in [-0.25, -0.2) is 0 Å². The van der Waals surface area contributed by atoms with Crippen LogP contribution in [0.3, 0.4) is 0 Å². The van der Waals surface area contributed by atoms with Crippen LogP contribution in [0.4, 0.5) is 0 Å². The van der Waals surface area contributed by atoms with E-state index in [0.29, 0.717) is 24.3 Å². The van der Waals surface area contributed by atoms with E-state index in [4.69, 9.17) is 4.74 Å². The molecular weight excluding hydrogens is 438 g/mol. The average Bonchev–Trinajstić information content (AvgIpc) is 3.44. The smallest absolute Gasteiger partial charge is 0.229 e. The molecular formula is C29H37N3O3. The Morgan fingerprint density at radius 3 is 2.31 bits per heavy atom. The second-order valence-corrected chi connectivity index (χ2v) is 10.6. The van der Waals surface area contributed by atoms with Crippen LogP contribution in [0.2, 0.25) is 0 Å². The van der Waals surface area contributed by atoms with E-state index in [0.717, 1.165) is 69.8 Å². The van der Waals surface area contributed by atoms with Crippen molar-refractivity contribution >= 4 is 11.8 Å². The first-order chi connectivity index (χ1) is 17.0. The molecule has 2 amide bonds. The van der Waals surface area contributed by atoms with Crippen molar-refractivity contribution in [3.63, 3.8) is 0 Å². The minimum absolute atomic E-state index is 0.166. The zero-order valence-corrected chi connectivity index (χ0v) is 21.0. The van der Waals surface area contributed by atoms with Gasteiger partial charge in [0.15, 0.2) is 0 Å². The number of carbonyl (C=O) groups excluding carboxylic acids is 2. The van der Waals surface area contributed by atoms with Crippen LogP contribution in [0.15, 0.2) is 54.6 Å². The maximum atomic E-state index is 13.5. The number of benzene rings is 2. The molecule has 3 aliphatic heterocycles. The molecule has 0 aliphatic carbocycles. The predicted octanol–water partition coefficient (Wildman–Crippen LogP) is 3.77. The van der Waals surface area contributed by atoms with Crippen LogP contribution >= 0.6 is 0 Å². The van der Waals surface area contributed by atoms with Crippen molar-refractivity contribution in [3.05, 3.63) is 65.7 Å². The van der Waals surface area contributed by atoms with Crippen LogP contribution in [0, 0.1) is 11.3 Å². The first-order valence-corrected chi connectivity index (χ1v) is 12.9. The molecule has 1 spiro atoms. The summed E-state index contributed by atoms with van der Waals surface area (Å²) < 4.78 is 5.25. The topological polar surface area (TPSA) is 53.1 Å². The fraction of sp³-hybridized carbons (Fsp3) is 0.517. The third-order valence-corrected chi connectivity index (χ3v) is 8.55. The van der Waals surface area contributed by atoms with Gasteiger partial charge in [0, 0.05) is 45.6 Å². The number of ether oxygens (including phenoxy) is 1. The van der Waals surface area contributed by atoms with E-state index >= 15 is 0 Å². The van der Waals surface area contributed by atoms with E-state index in [1.807, 2.05) is 21.9 Å². The largest absolute Gasteiger partial charge is 0.497 e. The van der Waals surface area contributed by atoms with Crippen molar-refractivity contribution in [2.75, 3.05) is 46.4 Å². The number of hydrogen-bond acceptors (Lipinski definition) is 4. The van der Waals surface area contributed by atoms with Gasteiger partial charge in [0.2, 0.25) is 11.8 Å². The van der Waals surface area contributed by atoms with E-state index in [9.17, 15) is 9.59 Å². The number of likely N-dealkylation sites (tertiary alicyclic amines) is 3. The van der Waals surface area contributed by atoms with Gasteiger partial charge >= 0.3 is 0 Å². The molecule has 0 bridgehead atoms. The Kier molecular flexibility index (Phi) is 6.83. The summed E-state index contributed by atoms with van der Waals surface area (Å²) >= 11 is 0. The molecule has 3 saturated heterocycles. The van der Waals surface area contributed by atoms with E-state index in [2.05, 4.69) is 47.4 Å². The molecule has 2 aromatic rings. The molecule has 2 aromatic carbocycles. The molecule has 0 radical (unpaired) electrons. The van der Waals surface area contributed by atoms with Crippen LogP contribution in [-0.2, 0) is 16.1 Å². The Labute approximate surface area is 208 Å². The van der Waals surface area contributed by atoms with Gasteiger partial charge in [-0.15, -0.1) is 0 Å². The van der Waals surface area contributed by atoms with Gasteiger partial charge in [-0.05, 0) is 61.5 Å². The molecule has 2 atom stereocenters. The lowest BCUT2D eigenvalue weighted by atomic mass is 9.76. The number of amides is 2. The summed E-state index contributed by atoms with van der Waals surface area (Å²) in [6.07, 6.45) is 2.83. The second kappa shape index (κ2) is 10.0. The molecule has 6 nitrogen and oxygen atoms in total. The number of piperidine rings is 1. The van der Waals surface area contributed by atoms with E-state index in [1.54, 1.807) is 14.0 Å². The fourth-order valence-corrected chi connectivity index (χ4v) is 6.35. The maximum Gasteiger partial charge on any atom is 0.229 e. The number of carbonyl (C=O) groups is 2. The van der Waals surface area contributed by atoms with Crippen molar-refractivity contribution in [2.45, 2.75) is 38.6 Å². The zero-order valence-electron chi connectivity index (χ0n) is 21.0. The highest BCUT2D eigenvalue weighted by atomic mass is 16.5. The molecule has 0 saturated carbocycles. The molecule has 5 rings (SSSR count). The van der Waals surface area contributed by atoms with Gasteiger partial charge < -0.3 is 19.4 Å². The monoisotopic (exact) mass is 475 g/mol. The minimum Gasteiger partial charge on any atom is -0.497 e. The zero-order chi connectivity index (χ0) is 24.4. The number of methoxy groups -OCH3 is 1. The van der Waals surface area contributed by atoms with Crippen LogP contribution < -0.4 is 4.74 Å². The van der Waals surface area contributed by atoms with Crippen molar-refractivity contribution in [2.24, 2.45) is 11.3 Å². The number of nitrogens with zero attached hydrogens (tertiary/aromatic N) is 3. The Balaban J connectivity index is 1.19. The van der Waals surface area contributed by atoms with Crippen molar-refractivity contribution in [1.82, 2.24) is 14.7 Å². The minimum atomic E-state index is -0.192. The summed E-state index contributed by atoms with van der Waals surface area (Å²) in [5.41, 5.74) is 2.29. The molecule has 3 heterocycles. The van der Waals surface area contributed by atoms with E-state index < -0.39 is 0 Å². The highest BCUT2D eigenvalue weighted by Gasteiger charge is 2.48.